The molecule has 1 amide bonds. The number of nitrogens with zero attached hydrogens (tertiary/aromatic N) is 1. The van der Waals surface area contributed by atoms with Gasteiger partial charge in [0.2, 0.25) is 0 Å². The molecule has 1 saturated carbocycles. The van der Waals surface area contributed by atoms with E-state index in [0.717, 1.165) is 77.7 Å². The van der Waals surface area contributed by atoms with E-state index in [1.165, 1.54) is 0 Å². The van der Waals surface area contributed by atoms with Crippen molar-refractivity contribution in [3.63, 3.8) is 0 Å². The van der Waals surface area contributed by atoms with Crippen LogP contribution in [0.25, 0.3) is 5.57 Å². The molecular formula is C36H40Cl3N3O3. The molecule has 2 N–H and O–H groups in total. The first-order valence-electron chi connectivity index (χ1n) is 15.8. The highest BCUT2D eigenvalue weighted by Gasteiger charge is 2.41. The van der Waals surface area contributed by atoms with Gasteiger partial charge in [0.25, 0.3) is 5.91 Å². The summed E-state index contributed by atoms with van der Waals surface area (Å²) in [5.41, 5.74) is 7.39. The first kappa shape index (κ1) is 32.4. The highest BCUT2D eigenvalue weighted by atomic mass is 35.5. The van der Waals surface area contributed by atoms with E-state index < -0.39 is 0 Å². The molecule has 3 aromatic carbocycles. The lowest BCUT2D eigenvalue weighted by Gasteiger charge is -2.41. The van der Waals surface area contributed by atoms with E-state index in [9.17, 15) is 4.79 Å². The van der Waals surface area contributed by atoms with Crippen LogP contribution >= 0.6 is 34.8 Å². The molecule has 0 spiro atoms. The van der Waals surface area contributed by atoms with E-state index in [1.807, 2.05) is 31.2 Å². The van der Waals surface area contributed by atoms with E-state index in [0.29, 0.717) is 47.0 Å². The molecule has 9 heteroatoms. The van der Waals surface area contributed by atoms with Crippen LogP contribution in [0.4, 0.5) is 0 Å². The number of methoxy groups -OCH3 is 1. The molecule has 238 valence electrons. The van der Waals surface area contributed by atoms with Gasteiger partial charge < -0.3 is 25.0 Å². The van der Waals surface area contributed by atoms with Crippen LogP contribution in [-0.2, 0) is 28.9 Å². The minimum absolute atomic E-state index is 0.0400. The van der Waals surface area contributed by atoms with Crippen molar-refractivity contribution in [2.24, 2.45) is 0 Å². The lowest BCUT2D eigenvalue weighted by molar-refractivity contribution is -0.128. The predicted octanol–water partition coefficient (Wildman–Crippen LogP) is 7.04. The Hall–Kier alpha value is -2.58. The van der Waals surface area contributed by atoms with Crippen molar-refractivity contribution >= 4 is 46.3 Å². The fourth-order valence-corrected chi connectivity index (χ4v) is 7.31. The largest absolute Gasteiger partial charge is 0.490 e. The number of halogens is 3. The standard InChI is InChI=1S/C36H40Cl3N3O3/c1-22-15-31(38)35(32(39)16-22)45-14-12-23-3-6-25(7-4-23)29-18-27-19-40-20-33(41-27)34(29)36(43)42(28-8-9-28)21-26-17-24(11-13-44-2)5-10-30(26)37/h3-7,10,15-17,27-28,33,40-41H,8-9,11-14,18-21H2,1-2H3/t27-,33+/m1/s1. The molecular weight excluding hydrogens is 629 g/mol. The first-order chi connectivity index (χ1) is 21.8. The molecule has 2 heterocycles. The van der Waals surface area contributed by atoms with Crippen LogP contribution in [0.5, 0.6) is 5.75 Å². The third kappa shape index (κ3) is 7.70. The number of piperazine rings is 1. The number of ether oxygens (including phenoxy) is 2. The lowest BCUT2D eigenvalue weighted by atomic mass is 9.83. The normalized spacial score (nSPS) is 19.5. The third-order valence-corrected chi connectivity index (χ3v) is 9.84. The average Bonchev–Trinajstić information content (AvgIpc) is 3.87. The third-order valence-electron chi connectivity index (χ3n) is 8.91. The zero-order valence-corrected chi connectivity index (χ0v) is 28.1. The van der Waals surface area contributed by atoms with Gasteiger partial charge in [-0.25, -0.2) is 0 Å². The van der Waals surface area contributed by atoms with Crippen molar-refractivity contribution in [2.75, 3.05) is 33.4 Å². The molecule has 2 aliphatic heterocycles. The summed E-state index contributed by atoms with van der Waals surface area (Å²) in [6, 6.07) is 18.9. The van der Waals surface area contributed by atoms with Crippen LogP contribution in [0.3, 0.4) is 0 Å². The molecule has 0 aromatic heterocycles. The monoisotopic (exact) mass is 667 g/mol. The van der Waals surface area contributed by atoms with Crippen LogP contribution in [0, 0.1) is 6.92 Å². The number of carbonyl (C=O) groups is 1. The number of nitrogens with one attached hydrogen (secondary N) is 2. The number of aryl methyl sites for hydroxylation is 1. The second-order valence-corrected chi connectivity index (χ2v) is 13.6. The fraction of sp³-hybridized carbons (Fsp3) is 0.417. The Morgan fingerprint density at radius 1 is 0.911 bits per heavy atom. The quantitative estimate of drug-likeness (QED) is 0.217. The molecule has 1 aliphatic carbocycles. The second-order valence-electron chi connectivity index (χ2n) is 12.4. The molecule has 2 fully saturated rings. The number of fused-ring (bicyclic) bond motifs is 2. The summed E-state index contributed by atoms with van der Waals surface area (Å²) in [5, 5.41) is 9.00. The minimum atomic E-state index is -0.0400. The van der Waals surface area contributed by atoms with Crippen LogP contribution < -0.4 is 15.4 Å². The Morgan fingerprint density at radius 3 is 2.33 bits per heavy atom. The number of carbonyl (C=O) groups excluding carboxylic acids is 1. The van der Waals surface area contributed by atoms with E-state index in [-0.39, 0.29) is 24.0 Å². The van der Waals surface area contributed by atoms with E-state index in [1.54, 1.807) is 7.11 Å². The van der Waals surface area contributed by atoms with Gasteiger partial charge in [-0.15, -0.1) is 0 Å². The Bertz CT molecular complexity index is 1550. The fourth-order valence-electron chi connectivity index (χ4n) is 6.42. The molecule has 6 nitrogen and oxygen atoms in total. The molecule has 3 aliphatic rings. The van der Waals surface area contributed by atoms with Crippen molar-refractivity contribution in [1.82, 2.24) is 15.5 Å². The number of rotatable bonds is 12. The summed E-state index contributed by atoms with van der Waals surface area (Å²) < 4.78 is 11.2. The second kappa shape index (κ2) is 14.5. The summed E-state index contributed by atoms with van der Waals surface area (Å²) in [4.78, 5) is 16.6. The number of hydrogen-bond acceptors (Lipinski definition) is 5. The average molecular weight is 669 g/mol. The molecule has 2 atom stereocenters. The van der Waals surface area contributed by atoms with Gasteiger partial charge in [0, 0.05) is 55.8 Å². The molecule has 2 bridgehead atoms. The Kier molecular flexibility index (Phi) is 10.4. The molecule has 0 unspecified atom stereocenters. The number of hydrogen-bond donors (Lipinski definition) is 2. The molecule has 3 aromatic rings. The van der Waals surface area contributed by atoms with E-state index in [2.05, 4.69) is 45.9 Å². The summed E-state index contributed by atoms with van der Waals surface area (Å²) in [6.07, 6.45) is 4.35. The maximum absolute atomic E-state index is 14.6. The highest BCUT2D eigenvalue weighted by molar-refractivity contribution is 6.37. The van der Waals surface area contributed by atoms with Gasteiger partial charge in [-0.2, -0.15) is 0 Å². The summed E-state index contributed by atoms with van der Waals surface area (Å²) >= 11 is 19.4. The Labute approximate surface area is 281 Å². The van der Waals surface area contributed by atoms with Crippen LogP contribution in [0.2, 0.25) is 15.1 Å². The van der Waals surface area contributed by atoms with E-state index in [4.69, 9.17) is 44.3 Å². The maximum atomic E-state index is 14.6. The summed E-state index contributed by atoms with van der Waals surface area (Å²) in [7, 11) is 1.71. The van der Waals surface area contributed by atoms with Crippen molar-refractivity contribution in [3.8, 4) is 5.75 Å². The topological polar surface area (TPSA) is 62.8 Å². The zero-order valence-electron chi connectivity index (χ0n) is 25.8. The van der Waals surface area contributed by atoms with Gasteiger partial charge in [-0.3, -0.25) is 4.79 Å². The van der Waals surface area contributed by atoms with Gasteiger partial charge in [0.05, 0.1) is 29.3 Å². The Balaban J connectivity index is 1.23. The van der Waals surface area contributed by atoms with Crippen molar-refractivity contribution in [2.45, 2.75) is 63.7 Å². The van der Waals surface area contributed by atoms with Gasteiger partial charge in [-0.1, -0.05) is 71.2 Å². The first-order valence-corrected chi connectivity index (χ1v) is 16.9. The zero-order chi connectivity index (χ0) is 31.5. The van der Waals surface area contributed by atoms with Gasteiger partial charge in [0.15, 0.2) is 5.75 Å². The van der Waals surface area contributed by atoms with Crippen LogP contribution in [0.15, 0.2) is 60.2 Å². The smallest absolute Gasteiger partial charge is 0.252 e. The lowest BCUT2D eigenvalue weighted by Crippen LogP contribution is -2.60. The molecule has 45 heavy (non-hydrogen) atoms. The number of benzene rings is 3. The molecule has 1 saturated heterocycles. The van der Waals surface area contributed by atoms with Gasteiger partial charge >= 0.3 is 0 Å². The summed E-state index contributed by atoms with van der Waals surface area (Å²) in [6.45, 7) is 5.16. The van der Waals surface area contributed by atoms with Crippen molar-refractivity contribution < 1.29 is 14.3 Å². The highest BCUT2D eigenvalue weighted by Crippen LogP contribution is 2.37. The van der Waals surface area contributed by atoms with Crippen molar-refractivity contribution in [3.05, 3.63) is 103 Å². The molecule has 6 rings (SSSR count). The van der Waals surface area contributed by atoms with Gasteiger partial charge in [0.1, 0.15) is 0 Å². The SMILES string of the molecule is COCCc1ccc(Cl)c(CN(C(=O)C2=C(c3ccc(CCOc4c(Cl)cc(C)cc4Cl)cc3)C[C@@H]3CNC[C@@H]2N3)C2CC2)c1. The van der Waals surface area contributed by atoms with Gasteiger partial charge in [-0.05, 0) is 84.2 Å². The van der Waals surface area contributed by atoms with Crippen molar-refractivity contribution in [1.29, 1.82) is 0 Å². The number of amides is 1. The maximum Gasteiger partial charge on any atom is 0.252 e. The molecule has 0 radical (unpaired) electrons. The van der Waals surface area contributed by atoms with Crippen LogP contribution in [0.1, 0.15) is 47.1 Å². The summed E-state index contributed by atoms with van der Waals surface area (Å²) in [5.74, 6) is 0.627. The van der Waals surface area contributed by atoms with E-state index >= 15 is 0 Å². The predicted molar refractivity (Wildman–Crippen MR) is 183 cm³/mol. The minimum Gasteiger partial charge on any atom is -0.490 e. The van der Waals surface area contributed by atoms with Crippen LogP contribution in [-0.4, -0.2) is 62.3 Å². The Morgan fingerprint density at radius 2 is 1.62 bits per heavy atom.